The van der Waals surface area contributed by atoms with Crippen LogP contribution in [0.1, 0.15) is 34.0 Å². The Bertz CT molecular complexity index is 915. The second kappa shape index (κ2) is 7.32. The van der Waals surface area contributed by atoms with E-state index in [0.717, 1.165) is 5.56 Å². The van der Waals surface area contributed by atoms with Gasteiger partial charge >= 0.3 is 5.97 Å². The maximum atomic E-state index is 12.7. The van der Waals surface area contributed by atoms with Crippen LogP contribution in [0.2, 0.25) is 0 Å². The number of carbonyl (C=O) groups is 1. The Morgan fingerprint density at radius 2 is 2.11 bits per heavy atom. The quantitative estimate of drug-likeness (QED) is 0.631. The van der Waals surface area contributed by atoms with Crippen molar-refractivity contribution in [1.82, 2.24) is 0 Å². The number of aliphatic hydroxyl groups is 1. The molecule has 6 nitrogen and oxygen atoms in total. The molecule has 1 aliphatic heterocycles. The van der Waals surface area contributed by atoms with Crippen molar-refractivity contribution in [3.05, 3.63) is 58.7 Å². The Morgan fingerprint density at radius 1 is 1.37 bits per heavy atom. The van der Waals surface area contributed by atoms with Gasteiger partial charge in [0.05, 0.1) is 13.2 Å². The summed E-state index contributed by atoms with van der Waals surface area (Å²) in [6, 6.07) is 6.69. The SMILES string of the molecule is C=C(C)C(O)Cc1ccc2c(c1OC)C(=O)OCc1cc(C)cc(O)c1O2. The lowest BCUT2D eigenvalue weighted by Crippen LogP contribution is -2.16. The lowest BCUT2D eigenvalue weighted by Gasteiger charge is -2.22. The van der Waals surface area contributed by atoms with Crippen LogP contribution in [0.15, 0.2) is 36.4 Å². The van der Waals surface area contributed by atoms with Crippen molar-refractivity contribution in [1.29, 1.82) is 0 Å². The van der Waals surface area contributed by atoms with E-state index in [-0.39, 0.29) is 41.6 Å². The molecule has 142 valence electrons. The Kier molecular flexibility index (Phi) is 5.10. The molecule has 0 saturated carbocycles. The molecule has 0 spiro atoms. The number of phenols is 1. The lowest BCUT2D eigenvalue weighted by atomic mass is 9.99. The van der Waals surface area contributed by atoms with Gasteiger partial charge in [0, 0.05) is 12.0 Å². The van der Waals surface area contributed by atoms with Crippen molar-refractivity contribution in [2.75, 3.05) is 7.11 Å². The van der Waals surface area contributed by atoms with E-state index in [0.29, 0.717) is 16.7 Å². The number of aromatic hydroxyl groups is 1. The van der Waals surface area contributed by atoms with Gasteiger partial charge in [-0.05, 0) is 43.2 Å². The van der Waals surface area contributed by atoms with E-state index in [1.165, 1.54) is 7.11 Å². The number of hydrogen-bond donors (Lipinski definition) is 2. The molecule has 0 radical (unpaired) electrons. The third kappa shape index (κ3) is 3.61. The molecular formula is C21H22O6. The fourth-order valence-corrected chi connectivity index (χ4v) is 3.04. The Balaban J connectivity index is 2.11. The normalized spacial score (nSPS) is 14.0. The van der Waals surface area contributed by atoms with Crippen LogP contribution >= 0.6 is 0 Å². The first-order valence-electron chi connectivity index (χ1n) is 8.52. The van der Waals surface area contributed by atoms with Crippen LogP contribution in [-0.4, -0.2) is 29.4 Å². The highest BCUT2D eigenvalue weighted by atomic mass is 16.5. The second-order valence-electron chi connectivity index (χ2n) is 6.65. The number of benzene rings is 2. The Hall–Kier alpha value is -2.99. The predicted molar refractivity (Wildman–Crippen MR) is 99.6 cm³/mol. The van der Waals surface area contributed by atoms with Crippen LogP contribution in [0.4, 0.5) is 0 Å². The maximum absolute atomic E-state index is 12.7. The summed E-state index contributed by atoms with van der Waals surface area (Å²) in [6.07, 6.45) is -0.532. The summed E-state index contributed by atoms with van der Waals surface area (Å²) < 4.78 is 16.7. The highest BCUT2D eigenvalue weighted by Crippen LogP contribution is 2.42. The van der Waals surface area contributed by atoms with E-state index in [1.807, 2.05) is 6.92 Å². The molecule has 0 saturated heterocycles. The molecule has 2 aromatic rings. The molecule has 27 heavy (non-hydrogen) atoms. The van der Waals surface area contributed by atoms with Crippen molar-refractivity contribution >= 4 is 5.97 Å². The molecule has 1 heterocycles. The van der Waals surface area contributed by atoms with Crippen LogP contribution in [-0.2, 0) is 17.8 Å². The molecular weight excluding hydrogens is 348 g/mol. The summed E-state index contributed by atoms with van der Waals surface area (Å²) in [4.78, 5) is 12.7. The molecule has 0 bridgehead atoms. The van der Waals surface area contributed by atoms with Gasteiger partial charge in [-0.15, -0.1) is 0 Å². The molecule has 6 heteroatoms. The predicted octanol–water partition coefficient (Wildman–Crippen LogP) is 3.65. The fourth-order valence-electron chi connectivity index (χ4n) is 3.04. The first kappa shape index (κ1) is 18.8. The van der Waals surface area contributed by atoms with Crippen LogP contribution in [0.5, 0.6) is 23.0 Å². The molecule has 3 rings (SSSR count). The minimum absolute atomic E-state index is 0.0327. The van der Waals surface area contributed by atoms with Crippen LogP contribution < -0.4 is 9.47 Å². The number of rotatable bonds is 4. The molecule has 2 N–H and O–H groups in total. The summed E-state index contributed by atoms with van der Waals surface area (Å²) >= 11 is 0. The van der Waals surface area contributed by atoms with E-state index < -0.39 is 12.1 Å². The van der Waals surface area contributed by atoms with Gasteiger partial charge in [0.25, 0.3) is 0 Å². The van der Waals surface area contributed by atoms with Gasteiger partial charge in [0.2, 0.25) is 0 Å². The highest BCUT2D eigenvalue weighted by molar-refractivity contribution is 5.96. The maximum Gasteiger partial charge on any atom is 0.346 e. The molecule has 1 unspecified atom stereocenters. The van der Waals surface area contributed by atoms with Gasteiger partial charge in [-0.2, -0.15) is 0 Å². The van der Waals surface area contributed by atoms with E-state index in [4.69, 9.17) is 14.2 Å². The average Bonchev–Trinajstić information content (AvgIpc) is 2.61. The molecule has 1 atom stereocenters. The lowest BCUT2D eigenvalue weighted by molar-refractivity contribution is 0.0454. The smallest absolute Gasteiger partial charge is 0.346 e. The minimum atomic E-state index is -0.768. The van der Waals surface area contributed by atoms with Crippen molar-refractivity contribution in [2.24, 2.45) is 0 Å². The minimum Gasteiger partial charge on any atom is -0.504 e. The number of fused-ring (bicyclic) bond motifs is 2. The standard InChI is InChI=1S/C21H22O6/c1-11(2)15(22)9-13-5-6-17-18(20(13)25-4)21(24)26-10-14-7-12(3)8-16(23)19(14)27-17/h5-8,15,22-23H,1,9-10H2,2-4H3. The Morgan fingerprint density at radius 3 is 2.78 bits per heavy atom. The zero-order valence-electron chi connectivity index (χ0n) is 15.5. The molecule has 0 fully saturated rings. The van der Waals surface area contributed by atoms with E-state index in [9.17, 15) is 15.0 Å². The molecule has 2 aromatic carbocycles. The van der Waals surface area contributed by atoms with Gasteiger partial charge < -0.3 is 24.4 Å². The molecule has 1 aliphatic rings. The number of ether oxygens (including phenoxy) is 3. The number of cyclic esters (lactones) is 1. The summed E-state index contributed by atoms with van der Waals surface area (Å²) in [5.41, 5.74) is 2.76. The third-order valence-corrected chi connectivity index (χ3v) is 4.45. The van der Waals surface area contributed by atoms with Gasteiger partial charge in [0.1, 0.15) is 23.7 Å². The largest absolute Gasteiger partial charge is 0.504 e. The molecule has 0 amide bonds. The van der Waals surface area contributed by atoms with E-state index in [1.54, 1.807) is 31.2 Å². The van der Waals surface area contributed by atoms with Crippen LogP contribution in [0, 0.1) is 6.92 Å². The van der Waals surface area contributed by atoms with Crippen LogP contribution in [0.25, 0.3) is 0 Å². The van der Waals surface area contributed by atoms with Crippen molar-refractivity contribution in [3.8, 4) is 23.0 Å². The fraction of sp³-hybridized carbons (Fsp3) is 0.286. The van der Waals surface area contributed by atoms with Gasteiger partial charge in [0.15, 0.2) is 11.5 Å². The summed E-state index contributed by atoms with van der Waals surface area (Å²) in [5, 5.41) is 20.4. The third-order valence-electron chi connectivity index (χ3n) is 4.45. The number of methoxy groups -OCH3 is 1. The number of carbonyl (C=O) groups excluding carboxylic acids is 1. The summed E-state index contributed by atoms with van der Waals surface area (Å²) in [7, 11) is 1.44. The summed E-state index contributed by atoms with van der Waals surface area (Å²) in [5.74, 6) is 0.0966. The number of aryl methyl sites for hydroxylation is 1. The zero-order valence-corrected chi connectivity index (χ0v) is 15.5. The van der Waals surface area contributed by atoms with Gasteiger partial charge in [-0.25, -0.2) is 4.79 Å². The van der Waals surface area contributed by atoms with Crippen molar-refractivity contribution in [2.45, 2.75) is 33.0 Å². The van der Waals surface area contributed by atoms with Crippen molar-refractivity contribution < 1.29 is 29.2 Å². The van der Waals surface area contributed by atoms with Gasteiger partial charge in [-0.3, -0.25) is 0 Å². The molecule has 0 aliphatic carbocycles. The van der Waals surface area contributed by atoms with Crippen LogP contribution in [0.3, 0.4) is 0 Å². The van der Waals surface area contributed by atoms with Gasteiger partial charge in [-0.1, -0.05) is 18.2 Å². The topological polar surface area (TPSA) is 85.2 Å². The first-order valence-corrected chi connectivity index (χ1v) is 8.52. The average molecular weight is 370 g/mol. The van der Waals surface area contributed by atoms with E-state index >= 15 is 0 Å². The molecule has 0 aromatic heterocycles. The second-order valence-corrected chi connectivity index (χ2v) is 6.65. The first-order chi connectivity index (χ1) is 12.8. The Labute approximate surface area is 157 Å². The monoisotopic (exact) mass is 370 g/mol. The highest BCUT2D eigenvalue weighted by Gasteiger charge is 2.28. The number of phenolic OH excluding ortho intramolecular Hbond substituents is 1. The number of esters is 1. The summed E-state index contributed by atoms with van der Waals surface area (Å²) in [6.45, 7) is 7.26. The van der Waals surface area contributed by atoms with Crippen molar-refractivity contribution in [3.63, 3.8) is 0 Å². The number of aliphatic hydroxyl groups excluding tert-OH is 1. The van der Waals surface area contributed by atoms with E-state index in [2.05, 4.69) is 6.58 Å². The zero-order chi connectivity index (χ0) is 19.7. The number of hydrogen-bond acceptors (Lipinski definition) is 6.